The molecule has 0 fully saturated rings. The number of esters is 1. The van der Waals surface area contributed by atoms with Crippen LogP contribution in [0, 0.1) is 0 Å². The predicted molar refractivity (Wildman–Crippen MR) is 102 cm³/mol. The van der Waals surface area contributed by atoms with Gasteiger partial charge in [0.15, 0.2) is 6.61 Å². The van der Waals surface area contributed by atoms with Gasteiger partial charge in [-0.15, -0.1) is 0 Å². The van der Waals surface area contributed by atoms with Gasteiger partial charge in [-0.25, -0.2) is 4.79 Å². The Bertz CT molecular complexity index is 779. The number of amides is 1. The Labute approximate surface area is 153 Å². The molecule has 0 heterocycles. The minimum absolute atomic E-state index is 0.368. The first kappa shape index (κ1) is 19.2. The normalized spacial score (nSPS) is 10.8. The standard InChI is InChI=1S/C21H23NO4/c1-15(2)17-11-8-16(9-12-17)10-13-21(24)26-14-20(23)22-18-6-4-5-7-19(18)25-3/h4-13,15H,14H2,1-3H3,(H,22,23)/b13-10+. The van der Waals surface area contributed by atoms with Gasteiger partial charge in [-0.1, -0.05) is 50.2 Å². The number of para-hydroxylation sites is 2. The zero-order valence-electron chi connectivity index (χ0n) is 15.2. The van der Waals surface area contributed by atoms with Gasteiger partial charge in [-0.2, -0.15) is 0 Å². The van der Waals surface area contributed by atoms with Crippen LogP contribution in [0.1, 0.15) is 30.9 Å². The monoisotopic (exact) mass is 353 g/mol. The molecular weight excluding hydrogens is 330 g/mol. The fraction of sp³-hybridized carbons (Fsp3) is 0.238. The van der Waals surface area contributed by atoms with E-state index in [4.69, 9.17) is 9.47 Å². The van der Waals surface area contributed by atoms with Crippen molar-refractivity contribution in [3.63, 3.8) is 0 Å². The van der Waals surface area contributed by atoms with Crippen LogP contribution < -0.4 is 10.1 Å². The molecule has 5 heteroatoms. The molecule has 0 aromatic heterocycles. The zero-order valence-corrected chi connectivity index (χ0v) is 15.2. The molecule has 1 N–H and O–H groups in total. The summed E-state index contributed by atoms with van der Waals surface area (Å²) in [6.07, 6.45) is 2.96. The Morgan fingerprint density at radius 3 is 2.42 bits per heavy atom. The van der Waals surface area contributed by atoms with Crippen molar-refractivity contribution in [1.82, 2.24) is 0 Å². The number of nitrogens with one attached hydrogen (secondary N) is 1. The minimum atomic E-state index is -0.576. The van der Waals surface area contributed by atoms with E-state index in [0.29, 0.717) is 17.4 Å². The second-order valence-corrected chi connectivity index (χ2v) is 6.01. The van der Waals surface area contributed by atoms with E-state index in [9.17, 15) is 9.59 Å². The van der Waals surface area contributed by atoms with Crippen molar-refractivity contribution in [3.8, 4) is 5.75 Å². The summed E-state index contributed by atoms with van der Waals surface area (Å²) >= 11 is 0. The largest absolute Gasteiger partial charge is 0.495 e. The van der Waals surface area contributed by atoms with Gasteiger partial charge in [0.05, 0.1) is 12.8 Å². The summed E-state index contributed by atoms with van der Waals surface area (Å²) in [7, 11) is 1.52. The molecule has 0 bridgehead atoms. The summed E-state index contributed by atoms with van der Waals surface area (Å²) in [5.41, 5.74) is 2.65. The van der Waals surface area contributed by atoms with Crippen molar-refractivity contribution in [2.24, 2.45) is 0 Å². The van der Waals surface area contributed by atoms with Crippen LogP contribution in [0.5, 0.6) is 5.75 Å². The maximum Gasteiger partial charge on any atom is 0.331 e. The van der Waals surface area contributed by atoms with E-state index in [-0.39, 0.29) is 6.61 Å². The highest BCUT2D eigenvalue weighted by molar-refractivity contribution is 5.95. The Morgan fingerprint density at radius 2 is 1.77 bits per heavy atom. The first-order chi connectivity index (χ1) is 12.5. The third kappa shape index (κ3) is 5.77. The molecule has 0 radical (unpaired) electrons. The van der Waals surface area contributed by atoms with Crippen molar-refractivity contribution < 1.29 is 19.1 Å². The maximum atomic E-state index is 11.9. The molecule has 0 atom stereocenters. The van der Waals surface area contributed by atoms with Gasteiger partial charge in [-0.05, 0) is 35.3 Å². The first-order valence-corrected chi connectivity index (χ1v) is 8.37. The van der Waals surface area contributed by atoms with Crippen LogP contribution in [-0.2, 0) is 14.3 Å². The van der Waals surface area contributed by atoms with Crippen molar-refractivity contribution in [2.75, 3.05) is 19.0 Å². The van der Waals surface area contributed by atoms with Gasteiger partial charge in [0.2, 0.25) is 0 Å². The fourth-order valence-corrected chi connectivity index (χ4v) is 2.28. The van der Waals surface area contributed by atoms with E-state index in [1.165, 1.54) is 18.7 Å². The van der Waals surface area contributed by atoms with Crippen LogP contribution in [0.15, 0.2) is 54.6 Å². The molecule has 0 unspecified atom stereocenters. The number of carbonyl (C=O) groups is 2. The Hall–Kier alpha value is -3.08. The molecule has 0 saturated heterocycles. The Morgan fingerprint density at radius 1 is 1.08 bits per heavy atom. The van der Waals surface area contributed by atoms with Crippen LogP contribution >= 0.6 is 0 Å². The SMILES string of the molecule is COc1ccccc1NC(=O)COC(=O)/C=C/c1ccc(C(C)C)cc1. The van der Waals surface area contributed by atoms with E-state index in [1.807, 2.05) is 24.3 Å². The minimum Gasteiger partial charge on any atom is -0.495 e. The number of ether oxygens (including phenoxy) is 2. The van der Waals surface area contributed by atoms with Crippen molar-refractivity contribution >= 4 is 23.6 Å². The molecule has 26 heavy (non-hydrogen) atoms. The lowest BCUT2D eigenvalue weighted by atomic mass is 10.0. The van der Waals surface area contributed by atoms with Crippen LogP contribution in [-0.4, -0.2) is 25.6 Å². The highest BCUT2D eigenvalue weighted by Gasteiger charge is 2.08. The molecule has 0 spiro atoms. The number of rotatable bonds is 7. The predicted octanol–water partition coefficient (Wildman–Crippen LogP) is 4.01. The summed E-state index contributed by atoms with van der Waals surface area (Å²) < 4.78 is 10.1. The molecule has 1 amide bonds. The number of carbonyl (C=O) groups excluding carboxylic acids is 2. The second-order valence-electron chi connectivity index (χ2n) is 6.01. The molecule has 2 aromatic carbocycles. The third-order valence-corrected chi connectivity index (χ3v) is 3.74. The number of hydrogen-bond acceptors (Lipinski definition) is 4. The fourth-order valence-electron chi connectivity index (χ4n) is 2.28. The topological polar surface area (TPSA) is 64.6 Å². The quantitative estimate of drug-likeness (QED) is 0.603. The molecule has 5 nitrogen and oxygen atoms in total. The molecule has 0 saturated carbocycles. The van der Waals surface area contributed by atoms with E-state index in [0.717, 1.165) is 5.56 Å². The zero-order chi connectivity index (χ0) is 18.9. The van der Waals surface area contributed by atoms with E-state index >= 15 is 0 Å². The third-order valence-electron chi connectivity index (χ3n) is 3.74. The van der Waals surface area contributed by atoms with Gasteiger partial charge in [-0.3, -0.25) is 4.79 Å². The first-order valence-electron chi connectivity index (χ1n) is 8.37. The molecule has 2 rings (SSSR count). The molecular formula is C21H23NO4. The number of benzene rings is 2. The molecule has 0 aliphatic carbocycles. The molecule has 136 valence electrons. The average Bonchev–Trinajstić information content (AvgIpc) is 2.65. The van der Waals surface area contributed by atoms with Crippen LogP contribution in [0.25, 0.3) is 6.08 Å². The average molecular weight is 353 g/mol. The lowest BCUT2D eigenvalue weighted by Crippen LogP contribution is -2.20. The smallest absolute Gasteiger partial charge is 0.331 e. The summed E-state index contributed by atoms with van der Waals surface area (Å²) in [5, 5.41) is 2.64. The van der Waals surface area contributed by atoms with E-state index in [1.54, 1.807) is 30.3 Å². The van der Waals surface area contributed by atoms with Crippen LogP contribution in [0.4, 0.5) is 5.69 Å². The Kier molecular flexibility index (Phi) is 6.97. The second kappa shape index (κ2) is 9.42. The van der Waals surface area contributed by atoms with E-state index < -0.39 is 11.9 Å². The van der Waals surface area contributed by atoms with Gasteiger partial charge in [0.1, 0.15) is 5.75 Å². The number of hydrogen-bond donors (Lipinski definition) is 1. The van der Waals surface area contributed by atoms with Gasteiger partial charge in [0, 0.05) is 6.08 Å². The molecule has 0 aliphatic rings. The number of methoxy groups -OCH3 is 1. The molecule has 2 aromatic rings. The van der Waals surface area contributed by atoms with Crippen molar-refractivity contribution in [2.45, 2.75) is 19.8 Å². The van der Waals surface area contributed by atoms with Gasteiger partial charge < -0.3 is 14.8 Å². The van der Waals surface area contributed by atoms with Gasteiger partial charge in [0.25, 0.3) is 5.91 Å². The highest BCUT2D eigenvalue weighted by atomic mass is 16.5. The summed E-state index contributed by atoms with van der Waals surface area (Å²) in [6.45, 7) is 3.88. The molecule has 0 aliphatic heterocycles. The summed E-state index contributed by atoms with van der Waals surface area (Å²) in [6, 6.07) is 14.9. The lowest BCUT2D eigenvalue weighted by molar-refractivity contribution is -0.142. The van der Waals surface area contributed by atoms with Crippen molar-refractivity contribution in [1.29, 1.82) is 0 Å². The van der Waals surface area contributed by atoms with E-state index in [2.05, 4.69) is 19.2 Å². The highest BCUT2D eigenvalue weighted by Crippen LogP contribution is 2.22. The summed E-state index contributed by atoms with van der Waals surface area (Å²) in [5.74, 6) is -0.0117. The van der Waals surface area contributed by atoms with Gasteiger partial charge >= 0.3 is 5.97 Å². The number of anilines is 1. The summed E-state index contributed by atoms with van der Waals surface area (Å²) in [4.78, 5) is 23.7. The van der Waals surface area contributed by atoms with Crippen LogP contribution in [0.3, 0.4) is 0 Å². The maximum absolute atomic E-state index is 11.9. The lowest BCUT2D eigenvalue weighted by Gasteiger charge is -2.09. The Balaban J connectivity index is 1.83. The van der Waals surface area contributed by atoms with Crippen molar-refractivity contribution in [3.05, 3.63) is 65.7 Å². The van der Waals surface area contributed by atoms with Crippen LogP contribution in [0.2, 0.25) is 0 Å².